The first-order valence-electron chi connectivity index (χ1n) is 6.97. The van der Waals surface area contributed by atoms with Crippen molar-refractivity contribution in [3.8, 4) is 0 Å². The monoisotopic (exact) mass is 241 g/mol. The van der Waals surface area contributed by atoms with E-state index in [2.05, 4.69) is 19.2 Å². The first-order chi connectivity index (χ1) is 8.17. The molecule has 1 atom stereocenters. The molecule has 0 aromatic heterocycles. The molecule has 0 heterocycles. The fourth-order valence-electron chi connectivity index (χ4n) is 1.74. The summed E-state index contributed by atoms with van der Waals surface area (Å²) in [6.07, 6.45) is 6.03. The summed E-state index contributed by atoms with van der Waals surface area (Å²) in [6, 6.07) is 0. The second kappa shape index (κ2) is 10.3. The number of unbranched alkanes of at least 4 members (excludes halogenated alkanes) is 2. The molecule has 0 aliphatic rings. The number of hydrogen-bond donors (Lipinski definition) is 1. The summed E-state index contributed by atoms with van der Waals surface area (Å²) >= 11 is 0. The van der Waals surface area contributed by atoms with Crippen LogP contribution in [-0.2, 0) is 9.59 Å². The number of rotatable bonds is 10. The maximum atomic E-state index is 12.0. The zero-order chi connectivity index (χ0) is 13.1. The fourth-order valence-corrected chi connectivity index (χ4v) is 1.74. The van der Waals surface area contributed by atoms with Gasteiger partial charge in [-0.15, -0.1) is 0 Å². The zero-order valence-corrected chi connectivity index (χ0v) is 11.6. The standard InChI is InChI=1S/C14H27NO2/c1-4-7-9-12(13(16)10-8-5-2)14(17)15-11-6-3/h12H,4-11H2,1-3H3,(H,15,17). The third kappa shape index (κ3) is 7.14. The molecule has 1 unspecified atom stereocenters. The molecule has 100 valence electrons. The van der Waals surface area contributed by atoms with Gasteiger partial charge in [0.2, 0.25) is 5.91 Å². The molecular weight excluding hydrogens is 214 g/mol. The van der Waals surface area contributed by atoms with Crippen LogP contribution in [0.2, 0.25) is 0 Å². The first-order valence-corrected chi connectivity index (χ1v) is 6.97. The normalized spacial score (nSPS) is 12.2. The lowest BCUT2D eigenvalue weighted by Crippen LogP contribution is -2.35. The summed E-state index contributed by atoms with van der Waals surface area (Å²) < 4.78 is 0. The van der Waals surface area contributed by atoms with Gasteiger partial charge in [0.15, 0.2) is 0 Å². The van der Waals surface area contributed by atoms with Gasteiger partial charge in [-0.25, -0.2) is 0 Å². The molecule has 0 radical (unpaired) electrons. The van der Waals surface area contributed by atoms with Crippen molar-refractivity contribution in [3.63, 3.8) is 0 Å². The van der Waals surface area contributed by atoms with Crippen LogP contribution in [0.4, 0.5) is 0 Å². The highest BCUT2D eigenvalue weighted by molar-refractivity contribution is 6.01. The predicted octanol–water partition coefficient (Wildman–Crippen LogP) is 3.08. The number of amides is 1. The van der Waals surface area contributed by atoms with Gasteiger partial charge in [-0.1, -0.05) is 40.0 Å². The topological polar surface area (TPSA) is 46.2 Å². The van der Waals surface area contributed by atoms with E-state index in [4.69, 9.17) is 0 Å². The summed E-state index contributed by atoms with van der Waals surface area (Å²) in [5.41, 5.74) is 0. The summed E-state index contributed by atoms with van der Waals surface area (Å²) in [4.78, 5) is 23.8. The highest BCUT2D eigenvalue weighted by atomic mass is 16.2. The van der Waals surface area contributed by atoms with Crippen LogP contribution in [0, 0.1) is 5.92 Å². The fraction of sp³-hybridized carbons (Fsp3) is 0.857. The van der Waals surface area contributed by atoms with E-state index >= 15 is 0 Å². The average Bonchev–Trinajstić information content (AvgIpc) is 2.34. The molecule has 0 fully saturated rings. The largest absolute Gasteiger partial charge is 0.355 e. The Kier molecular flexibility index (Phi) is 9.78. The third-order valence-electron chi connectivity index (χ3n) is 2.88. The lowest BCUT2D eigenvalue weighted by Gasteiger charge is -2.15. The Morgan fingerprint density at radius 1 is 1.00 bits per heavy atom. The molecule has 0 aromatic rings. The summed E-state index contributed by atoms with van der Waals surface area (Å²) in [7, 11) is 0. The molecule has 3 heteroatoms. The molecule has 0 aliphatic carbocycles. The Hall–Kier alpha value is -0.860. The number of hydrogen-bond acceptors (Lipinski definition) is 2. The Bertz CT molecular complexity index is 206. The van der Waals surface area contributed by atoms with E-state index in [-0.39, 0.29) is 11.7 Å². The molecule has 0 aromatic carbocycles. The van der Waals surface area contributed by atoms with E-state index in [0.717, 1.165) is 32.1 Å². The van der Waals surface area contributed by atoms with Crippen molar-refractivity contribution in [3.05, 3.63) is 0 Å². The van der Waals surface area contributed by atoms with E-state index in [1.165, 1.54) is 0 Å². The Morgan fingerprint density at radius 3 is 2.18 bits per heavy atom. The molecule has 0 spiro atoms. The summed E-state index contributed by atoms with van der Waals surface area (Å²) in [5, 5.41) is 2.84. The third-order valence-corrected chi connectivity index (χ3v) is 2.88. The van der Waals surface area contributed by atoms with Crippen LogP contribution in [0.15, 0.2) is 0 Å². The second-order valence-electron chi connectivity index (χ2n) is 4.56. The van der Waals surface area contributed by atoms with Gasteiger partial charge in [0.05, 0.1) is 5.92 Å². The van der Waals surface area contributed by atoms with Crippen LogP contribution in [-0.4, -0.2) is 18.2 Å². The van der Waals surface area contributed by atoms with E-state index < -0.39 is 5.92 Å². The lowest BCUT2D eigenvalue weighted by molar-refractivity contribution is -0.134. The quantitative estimate of drug-likeness (QED) is 0.597. The Balaban J connectivity index is 4.29. The number of nitrogens with one attached hydrogen (secondary N) is 1. The molecule has 0 rings (SSSR count). The predicted molar refractivity (Wildman–Crippen MR) is 70.8 cm³/mol. The van der Waals surface area contributed by atoms with Gasteiger partial charge in [0, 0.05) is 13.0 Å². The summed E-state index contributed by atoms with van der Waals surface area (Å²) in [5.74, 6) is -0.358. The molecule has 0 saturated heterocycles. The van der Waals surface area contributed by atoms with Crippen LogP contribution in [0.5, 0.6) is 0 Å². The molecule has 0 aliphatic heterocycles. The molecule has 1 amide bonds. The van der Waals surface area contributed by atoms with E-state index in [1.807, 2.05) is 6.92 Å². The highest BCUT2D eigenvalue weighted by Crippen LogP contribution is 2.14. The average molecular weight is 241 g/mol. The van der Waals surface area contributed by atoms with E-state index in [0.29, 0.717) is 19.4 Å². The first kappa shape index (κ1) is 16.1. The smallest absolute Gasteiger partial charge is 0.230 e. The molecular formula is C14H27NO2. The van der Waals surface area contributed by atoms with Gasteiger partial charge in [-0.3, -0.25) is 9.59 Å². The SMILES string of the molecule is CCCCC(=O)C(CCCC)C(=O)NCCC. The van der Waals surface area contributed by atoms with Gasteiger partial charge >= 0.3 is 0 Å². The van der Waals surface area contributed by atoms with Gasteiger partial charge in [-0.05, 0) is 19.3 Å². The van der Waals surface area contributed by atoms with Crippen LogP contribution < -0.4 is 5.32 Å². The van der Waals surface area contributed by atoms with Crippen LogP contribution in [0.3, 0.4) is 0 Å². The molecule has 0 saturated carbocycles. The van der Waals surface area contributed by atoms with Crippen molar-refractivity contribution in [1.82, 2.24) is 5.32 Å². The van der Waals surface area contributed by atoms with Crippen molar-refractivity contribution in [2.24, 2.45) is 5.92 Å². The minimum absolute atomic E-state index is 0.0681. The van der Waals surface area contributed by atoms with Crippen molar-refractivity contribution in [2.75, 3.05) is 6.54 Å². The Labute approximate surface area is 105 Å². The Morgan fingerprint density at radius 2 is 1.65 bits per heavy atom. The van der Waals surface area contributed by atoms with E-state index in [1.54, 1.807) is 0 Å². The van der Waals surface area contributed by atoms with Crippen LogP contribution in [0.1, 0.15) is 65.7 Å². The van der Waals surface area contributed by atoms with E-state index in [9.17, 15) is 9.59 Å². The number of carbonyl (C=O) groups excluding carboxylic acids is 2. The minimum atomic E-state index is -0.409. The van der Waals surface area contributed by atoms with Crippen molar-refractivity contribution >= 4 is 11.7 Å². The number of carbonyl (C=O) groups is 2. The second-order valence-corrected chi connectivity index (χ2v) is 4.56. The zero-order valence-electron chi connectivity index (χ0n) is 11.6. The van der Waals surface area contributed by atoms with Crippen LogP contribution in [0.25, 0.3) is 0 Å². The maximum absolute atomic E-state index is 12.0. The van der Waals surface area contributed by atoms with Crippen molar-refractivity contribution < 1.29 is 9.59 Å². The van der Waals surface area contributed by atoms with Gasteiger partial charge in [-0.2, -0.15) is 0 Å². The molecule has 1 N–H and O–H groups in total. The van der Waals surface area contributed by atoms with Crippen molar-refractivity contribution in [1.29, 1.82) is 0 Å². The number of ketones is 1. The number of Topliss-reactive ketones (excluding diaryl/α,β-unsaturated/α-hetero) is 1. The summed E-state index contributed by atoms with van der Waals surface area (Å²) in [6.45, 7) is 6.83. The van der Waals surface area contributed by atoms with Gasteiger partial charge in [0.25, 0.3) is 0 Å². The maximum Gasteiger partial charge on any atom is 0.230 e. The van der Waals surface area contributed by atoms with Crippen molar-refractivity contribution in [2.45, 2.75) is 65.7 Å². The van der Waals surface area contributed by atoms with Gasteiger partial charge < -0.3 is 5.32 Å². The highest BCUT2D eigenvalue weighted by Gasteiger charge is 2.24. The molecule has 17 heavy (non-hydrogen) atoms. The van der Waals surface area contributed by atoms with Crippen LogP contribution >= 0.6 is 0 Å². The molecule has 3 nitrogen and oxygen atoms in total. The lowest BCUT2D eigenvalue weighted by atomic mass is 9.93. The minimum Gasteiger partial charge on any atom is -0.355 e. The van der Waals surface area contributed by atoms with Gasteiger partial charge in [0.1, 0.15) is 5.78 Å². The molecule has 0 bridgehead atoms.